The molecule has 0 bridgehead atoms. The van der Waals surface area contributed by atoms with Gasteiger partial charge in [-0.2, -0.15) is 0 Å². The predicted octanol–water partition coefficient (Wildman–Crippen LogP) is 3.45. The Balaban J connectivity index is 2.16. The predicted molar refractivity (Wildman–Crippen MR) is 81.7 cm³/mol. The minimum atomic E-state index is -0.418. The molecule has 0 aliphatic rings. The molecule has 0 amide bonds. The van der Waals surface area contributed by atoms with Crippen molar-refractivity contribution in [2.45, 2.75) is 26.4 Å². The lowest BCUT2D eigenvalue weighted by Gasteiger charge is -2.19. The molecule has 1 unspecified atom stereocenters. The second kappa shape index (κ2) is 7.22. The van der Waals surface area contributed by atoms with E-state index in [2.05, 4.69) is 11.4 Å². The standard InChI is InChI=1S/C16H19NO2S/c1-3-19-16(18)15(14-9-5-4-7-12(14)2)17-11-13-8-6-10-20-13/h4-10,15,17H,3,11H2,1-2H3. The molecule has 2 rings (SSSR count). The molecule has 0 saturated carbocycles. The van der Waals surface area contributed by atoms with Crippen LogP contribution < -0.4 is 5.32 Å². The van der Waals surface area contributed by atoms with Gasteiger partial charge in [0.1, 0.15) is 6.04 Å². The van der Waals surface area contributed by atoms with Gasteiger partial charge in [-0.15, -0.1) is 11.3 Å². The van der Waals surface area contributed by atoms with Crippen LogP contribution in [0.2, 0.25) is 0 Å². The molecule has 0 saturated heterocycles. The Bertz CT molecular complexity index is 551. The summed E-state index contributed by atoms with van der Waals surface area (Å²) in [6.45, 7) is 4.89. The summed E-state index contributed by atoms with van der Waals surface area (Å²) in [6.07, 6.45) is 0. The summed E-state index contributed by atoms with van der Waals surface area (Å²) in [5.41, 5.74) is 2.06. The molecule has 1 aromatic heterocycles. The molecule has 0 radical (unpaired) electrons. The third-order valence-electron chi connectivity index (χ3n) is 3.08. The molecular weight excluding hydrogens is 270 g/mol. The van der Waals surface area contributed by atoms with Crippen LogP contribution in [0.15, 0.2) is 41.8 Å². The SMILES string of the molecule is CCOC(=O)C(NCc1cccs1)c1ccccc1C. The second-order valence-corrected chi connectivity index (χ2v) is 5.53. The van der Waals surface area contributed by atoms with E-state index in [4.69, 9.17) is 4.74 Å². The first-order valence-corrected chi connectivity index (χ1v) is 7.58. The quantitative estimate of drug-likeness (QED) is 0.828. The summed E-state index contributed by atoms with van der Waals surface area (Å²) in [5.74, 6) is -0.224. The minimum Gasteiger partial charge on any atom is -0.465 e. The van der Waals surface area contributed by atoms with Crippen molar-refractivity contribution in [3.63, 3.8) is 0 Å². The Hall–Kier alpha value is -1.65. The van der Waals surface area contributed by atoms with E-state index < -0.39 is 6.04 Å². The number of hydrogen-bond acceptors (Lipinski definition) is 4. The number of hydrogen-bond donors (Lipinski definition) is 1. The van der Waals surface area contributed by atoms with Crippen LogP contribution in [0.4, 0.5) is 0 Å². The summed E-state index contributed by atoms with van der Waals surface area (Å²) in [5, 5.41) is 5.33. The Morgan fingerprint density at radius 3 is 2.75 bits per heavy atom. The Labute approximate surface area is 123 Å². The van der Waals surface area contributed by atoms with Crippen molar-refractivity contribution in [3.05, 3.63) is 57.8 Å². The van der Waals surface area contributed by atoms with Crippen molar-refractivity contribution in [2.75, 3.05) is 6.61 Å². The Morgan fingerprint density at radius 1 is 1.30 bits per heavy atom. The van der Waals surface area contributed by atoms with Crippen LogP contribution in [-0.4, -0.2) is 12.6 Å². The highest BCUT2D eigenvalue weighted by molar-refractivity contribution is 7.09. The van der Waals surface area contributed by atoms with Crippen molar-refractivity contribution in [1.82, 2.24) is 5.32 Å². The highest BCUT2D eigenvalue weighted by Crippen LogP contribution is 2.20. The molecule has 3 nitrogen and oxygen atoms in total. The number of esters is 1. The molecule has 1 heterocycles. The van der Waals surface area contributed by atoms with Gasteiger partial charge in [-0.1, -0.05) is 30.3 Å². The van der Waals surface area contributed by atoms with Gasteiger partial charge in [0.2, 0.25) is 0 Å². The van der Waals surface area contributed by atoms with Crippen molar-refractivity contribution < 1.29 is 9.53 Å². The fraction of sp³-hybridized carbons (Fsp3) is 0.312. The fourth-order valence-electron chi connectivity index (χ4n) is 2.07. The molecule has 1 atom stereocenters. The number of carbonyl (C=O) groups excluding carboxylic acids is 1. The van der Waals surface area contributed by atoms with E-state index >= 15 is 0 Å². The molecule has 4 heteroatoms. The van der Waals surface area contributed by atoms with Crippen molar-refractivity contribution in [3.8, 4) is 0 Å². The molecular formula is C16H19NO2S. The maximum absolute atomic E-state index is 12.2. The summed E-state index contributed by atoms with van der Waals surface area (Å²) in [7, 11) is 0. The minimum absolute atomic E-state index is 0.224. The maximum Gasteiger partial charge on any atom is 0.327 e. The zero-order valence-electron chi connectivity index (χ0n) is 11.8. The molecule has 106 valence electrons. The van der Waals surface area contributed by atoms with E-state index in [9.17, 15) is 4.79 Å². The van der Waals surface area contributed by atoms with Gasteiger partial charge in [-0.05, 0) is 36.4 Å². The number of benzene rings is 1. The maximum atomic E-state index is 12.2. The van der Waals surface area contributed by atoms with E-state index in [1.807, 2.05) is 49.6 Å². The second-order valence-electron chi connectivity index (χ2n) is 4.50. The van der Waals surface area contributed by atoms with Gasteiger partial charge in [-0.25, -0.2) is 4.79 Å². The van der Waals surface area contributed by atoms with Gasteiger partial charge in [0.15, 0.2) is 0 Å². The van der Waals surface area contributed by atoms with Crippen LogP contribution in [-0.2, 0) is 16.1 Å². The Kier molecular flexibility index (Phi) is 5.32. The lowest BCUT2D eigenvalue weighted by molar-refractivity contribution is -0.145. The average Bonchev–Trinajstić information content (AvgIpc) is 2.94. The van der Waals surface area contributed by atoms with Gasteiger partial charge in [0.25, 0.3) is 0 Å². The van der Waals surface area contributed by atoms with E-state index in [-0.39, 0.29) is 5.97 Å². The molecule has 0 aliphatic heterocycles. The zero-order valence-corrected chi connectivity index (χ0v) is 12.6. The number of ether oxygens (including phenoxy) is 1. The number of rotatable bonds is 6. The molecule has 1 aromatic carbocycles. The van der Waals surface area contributed by atoms with Crippen LogP contribution in [0, 0.1) is 6.92 Å². The van der Waals surface area contributed by atoms with Crippen molar-refractivity contribution in [2.24, 2.45) is 0 Å². The third-order valence-corrected chi connectivity index (χ3v) is 3.96. The highest BCUT2D eigenvalue weighted by atomic mass is 32.1. The molecule has 0 aliphatic carbocycles. The van der Waals surface area contributed by atoms with Gasteiger partial charge in [0, 0.05) is 11.4 Å². The largest absolute Gasteiger partial charge is 0.465 e. The van der Waals surface area contributed by atoms with E-state index in [1.165, 1.54) is 4.88 Å². The summed E-state index contributed by atoms with van der Waals surface area (Å²) < 4.78 is 5.19. The van der Waals surface area contributed by atoms with E-state index in [1.54, 1.807) is 11.3 Å². The molecule has 2 aromatic rings. The summed E-state index contributed by atoms with van der Waals surface area (Å²) in [4.78, 5) is 13.4. The lowest BCUT2D eigenvalue weighted by atomic mass is 10.0. The van der Waals surface area contributed by atoms with Crippen molar-refractivity contribution >= 4 is 17.3 Å². The molecule has 20 heavy (non-hydrogen) atoms. The third kappa shape index (κ3) is 3.68. The first-order chi connectivity index (χ1) is 9.72. The van der Waals surface area contributed by atoms with E-state index in [0.29, 0.717) is 13.2 Å². The van der Waals surface area contributed by atoms with Gasteiger partial charge < -0.3 is 4.74 Å². The number of nitrogens with one attached hydrogen (secondary N) is 1. The van der Waals surface area contributed by atoms with Crippen LogP contribution in [0.25, 0.3) is 0 Å². The van der Waals surface area contributed by atoms with Crippen LogP contribution >= 0.6 is 11.3 Å². The number of carbonyl (C=O) groups is 1. The van der Waals surface area contributed by atoms with Gasteiger partial charge in [0.05, 0.1) is 6.61 Å². The summed E-state index contributed by atoms with van der Waals surface area (Å²) >= 11 is 1.67. The number of aryl methyl sites for hydroxylation is 1. The van der Waals surface area contributed by atoms with Crippen LogP contribution in [0.5, 0.6) is 0 Å². The molecule has 0 fully saturated rings. The van der Waals surface area contributed by atoms with Crippen molar-refractivity contribution in [1.29, 1.82) is 0 Å². The van der Waals surface area contributed by atoms with Crippen LogP contribution in [0.3, 0.4) is 0 Å². The average molecular weight is 289 g/mol. The first-order valence-electron chi connectivity index (χ1n) is 6.70. The summed E-state index contributed by atoms with van der Waals surface area (Å²) in [6, 6.07) is 11.5. The first kappa shape index (κ1) is 14.8. The smallest absolute Gasteiger partial charge is 0.327 e. The van der Waals surface area contributed by atoms with Gasteiger partial charge >= 0.3 is 5.97 Å². The highest BCUT2D eigenvalue weighted by Gasteiger charge is 2.22. The fourth-order valence-corrected chi connectivity index (χ4v) is 2.73. The molecule has 1 N–H and O–H groups in total. The monoisotopic (exact) mass is 289 g/mol. The molecule has 0 spiro atoms. The van der Waals surface area contributed by atoms with Gasteiger partial charge in [-0.3, -0.25) is 5.32 Å². The van der Waals surface area contributed by atoms with E-state index in [0.717, 1.165) is 11.1 Å². The lowest BCUT2D eigenvalue weighted by Crippen LogP contribution is -2.30. The Morgan fingerprint density at radius 2 is 2.10 bits per heavy atom. The normalized spacial score (nSPS) is 12.1. The topological polar surface area (TPSA) is 38.3 Å². The zero-order chi connectivity index (χ0) is 14.4. The number of thiophene rings is 1. The van der Waals surface area contributed by atoms with Crippen LogP contribution in [0.1, 0.15) is 29.0 Å².